The van der Waals surface area contributed by atoms with Crippen molar-refractivity contribution in [2.75, 3.05) is 26.7 Å². The van der Waals surface area contributed by atoms with E-state index in [9.17, 15) is 5.11 Å². The van der Waals surface area contributed by atoms with Crippen molar-refractivity contribution >= 4 is 0 Å². The lowest BCUT2D eigenvalue weighted by molar-refractivity contribution is -0.0475. The van der Waals surface area contributed by atoms with Gasteiger partial charge >= 0.3 is 0 Å². The van der Waals surface area contributed by atoms with Gasteiger partial charge < -0.3 is 15.3 Å². The third-order valence-electron chi connectivity index (χ3n) is 3.40. The minimum Gasteiger partial charge on any atom is -0.387 e. The Bertz CT molecular complexity index is 180. The van der Waals surface area contributed by atoms with Crippen molar-refractivity contribution in [2.45, 2.75) is 37.3 Å². The van der Waals surface area contributed by atoms with E-state index in [1.807, 2.05) is 0 Å². The van der Waals surface area contributed by atoms with E-state index in [0.717, 1.165) is 38.9 Å². The summed E-state index contributed by atoms with van der Waals surface area (Å²) >= 11 is 0. The number of likely N-dealkylation sites (N-methyl/N-ethyl adjacent to an activating group) is 1. The molecule has 2 aliphatic rings. The average molecular weight is 184 g/mol. The van der Waals surface area contributed by atoms with Gasteiger partial charge in [-0.1, -0.05) is 0 Å². The lowest BCUT2D eigenvalue weighted by Gasteiger charge is -2.41. The van der Waals surface area contributed by atoms with Gasteiger partial charge in [-0.05, 0) is 45.8 Å². The van der Waals surface area contributed by atoms with Crippen LogP contribution in [-0.4, -0.2) is 48.3 Å². The molecule has 3 nitrogen and oxygen atoms in total. The van der Waals surface area contributed by atoms with E-state index >= 15 is 0 Å². The van der Waals surface area contributed by atoms with Gasteiger partial charge in [-0.2, -0.15) is 0 Å². The van der Waals surface area contributed by atoms with Gasteiger partial charge in [-0.25, -0.2) is 0 Å². The molecular weight excluding hydrogens is 164 g/mol. The van der Waals surface area contributed by atoms with Gasteiger partial charge in [0.05, 0.1) is 5.60 Å². The van der Waals surface area contributed by atoms with Gasteiger partial charge in [0.25, 0.3) is 0 Å². The molecule has 2 saturated heterocycles. The maximum absolute atomic E-state index is 10.4. The zero-order chi connectivity index (χ0) is 9.31. The normalized spacial score (nSPS) is 42.5. The van der Waals surface area contributed by atoms with Crippen LogP contribution in [0.15, 0.2) is 0 Å². The highest BCUT2D eigenvalue weighted by Gasteiger charge is 2.40. The van der Waals surface area contributed by atoms with E-state index in [0.29, 0.717) is 6.04 Å². The predicted molar refractivity (Wildman–Crippen MR) is 52.7 cm³/mol. The Morgan fingerprint density at radius 3 is 2.92 bits per heavy atom. The molecule has 2 aliphatic heterocycles. The SMILES string of the molecule is CN1CCCC(O)(C2CCCN2)C1. The average Bonchev–Trinajstić information content (AvgIpc) is 2.55. The highest BCUT2D eigenvalue weighted by Crippen LogP contribution is 2.28. The van der Waals surface area contributed by atoms with E-state index < -0.39 is 5.60 Å². The first-order valence-electron chi connectivity index (χ1n) is 5.35. The molecule has 3 heteroatoms. The van der Waals surface area contributed by atoms with Crippen molar-refractivity contribution < 1.29 is 5.11 Å². The number of likely N-dealkylation sites (tertiary alicyclic amines) is 1. The number of aliphatic hydroxyl groups is 1. The van der Waals surface area contributed by atoms with Crippen LogP contribution in [0.25, 0.3) is 0 Å². The number of hydrogen-bond acceptors (Lipinski definition) is 3. The number of β-amino-alcohol motifs (C(OH)–C–C–N with tert-alkyl or cyclic N) is 1. The molecule has 0 aromatic rings. The third-order valence-corrected chi connectivity index (χ3v) is 3.40. The van der Waals surface area contributed by atoms with Crippen LogP contribution in [0.2, 0.25) is 0 Å². The molecule has 13 heavy (non-hydrogen) atoms. The van der Waals surface area contributed by atoms with Crippen LogP contribution in [-0.2, 0) is 0 Å². The smallest absolute Gasteiger partial charge is 0.0926 e. The molecule has 0 aromatic carbocycles. The summed E-state index contributed by atoms with van der Waals surface area (Å²) in [5.74, 6) is 0. The van der Waals surface area contributed by atoms with Crippen LogP contribution in [0, 0.1) is 0 Å². The molecule has 76 valence electrons. The fourth-order valence-corrected chi connectivity index (χ4v) is 2.71. The molecule has 2 N–H and O–H groups in total. The van der Waals surface area contributed by atoms with E-state index in [1.165, 1.54) is 6.42 Å². The summed E-state index contributed by atoms with van der Waals surface area (Å²) in [7, 11) is 2.10. The monoisotopic (exact) mass is 184 g/mol. The maximum Gasteiger partial charge on any atom is 0.0926 e. The van der Waals surface area contributed by atoms with Crippen LogP contribution in [0.4, 0.5) is 0 Å². The fraction of sp³-hybridized carbons (Fsp3) is 1.00. The molecule has 2 rings (SSSR count). The van der Waals surface area contributed by atoms with Crippen molar-refractivity contribution in [3.63, 3.8) is 0 Å². The first kappa shape index (κ1) is 9.44. The van der Waals surface area contributed by atoms with Crippen molar-refractivity contribution in [3.05, 3.63) is 0 Å². The van der Waals surface area contributed by atoms with Crippen LogP contribution in [0.3, 0.4) is 0 Å². The summed E-state index contributed by atoms with van der Waals surface area (Å²) in [6.45, 7) is 3.05. The fourth-order valence-electron chi connectivity index (χ4n) is 2.71. The Labute approximate surface area is 80.1 Å². The van der Waals surface area contributed by atoms with Crippen LogP contribution >= 0.6 is 0 Å². The van der Waals surface area contributed by atoms with Gasteiger partial charge in [0.15, 0.2) is 0 Å². The Morgan fingerprint density at radius 1 is 1.46 bits per heavy atom. The minimum atomic E-state index is -0.455. The van der Waals surface area contributed by atoms with Crippen LogP contribution < -0.4 is 5.32 Å². The van der Waals surface area contributed by atoms with Crippen molar-refractivity contribution in [1.82, 2.24) is 10.2 Å². The molecule has 2 heterocycles. The predicted octanol–water partition coefficient (Wildman–Crippen LogP) is 0.195. The van der Waals surface area contributed by atoms with Crippen molar-refractivity contribution in [1.29, 1.82) is 0 Å². The summed E-state index contributed by atoms with van der Waals surface area (Å²) in [5, 5.41) is 13.8. The number of hydrogen-bond donors (Lipinski definition) is 2. The molecule has 0 radical (unpaired) electrons. The molecule has 2 fully saturated rings. The van der Waals surface area contributed by atoms with Gasteiger partial charge in [0, 0.05) is 12.6 Å². The van der Waals surface area contributed by atoms with Crippen LogP contribution in [0.1, 0.15) is 25.7 Å². The minimum absolute atomic E-state index is 0.343. The van der Waals surface area contributed by atoms with E-state index in [1.54, 1.807) is 0 Å². The zero-order valence-corrected chi connectivity index (χ0v) is 8.42. The van der Waals surface area contributed by atoms with Gasteiger partial charge in [0.1, 0.15) is 0 Å². The molecular formula is C10H20N2O. The molecule has 2 unspecified atom stereocenters. The maximum atomic E-state index is 10.4. The second kappa shape index (κ2) is 3.56. The molecule has 2 atom stereocenters. The number of nitrogens with zero attached hydrogens (tertiary/aromatic N) is 1. The molecule has 0 saturated carbocycles. The number of nitrogens with one attached hydrogen (secondary N) is 1. The Balaban J connectivity index is 2.00. The largest absolute Gasteiger partial charge is 0.387 e. The molecule has 0 aromatic heterocycles. The quantitative estimate of drug-likeness (QED) is 0.611. The summed E-state index contributed by atoms with van der Waals surface area (Å²) in [5.41, 5.74) is -0.455. The molecule has 0 spiro atoms. The van der Waals surface area contributed by atoms with Crippen LogP contribution in [0.5, 0.6) is 0 Å². The zero-order valence-electron chi connectivity index (χ0n) is 8.42. The number of piperidine rings is 1. The lowest BCUT2D eigenvalue weighted by Crippen LogP contribution is -2.57. The van der Waals surface area contributed by atoms with Crippen molar-refractivity contribution in [2.24, 2.45) is 0 Å². The highest BCUT2D eigenvalue weighted by molar-refractivity contribution is 4.98. The molecule has 0 aliphatic carbocycles. The first-order chi connectivity index (χ1) is 6.21. The number of rotatable bonds is 1. The van der Waals surface area contributed by atoms with E-state index in [4.69, 9.17) is 0 Å². The van der Waals surface area contributed by atoms with Gasteiger partial charge in [-0.15, -0.1) is 0 Å². The summed E-state index contributed by atoms with van der Waals surface area (Å²) < 4.78 is 0. The standard InChI is InChI=1S/C10H20N2O/c1-12-7-3-5-10(13,8-12)9-4-2-6-11-9/h9,11,13H,2-8H2,1H3. The highest BCUT2D eigenvalue weighted by atomic mass is 16.3. The molecule has 0 amide bonds. The lowest BCUT2D eigenvalue weighted by atomic mass is 9.85. The Hall–Kier alpha value is -0.120. The summed E-state index contributed by atoms with van der Waals surface area (Å²) in [6, 6.07) is 0.343. The molecule has 0 bridgehead atoms. The second-order valence-corrected chi connectivity index (χ2v) is 4.59. The summed E-state index contributed by atoms with van der Waals surface area (Å²) in [4.78, 5) is 2.24. The topological polar surface area (TPSA) is 35.5 Å². The summed E-state index contributed by atoms with van der Waals surface area (Å²) in [6.07, 6.45) is 4.46. The Kier molecular flexibility index (Phi) is 2.58. The first-order valence-corrected chi connectivity index (χ1v) is 5.35. The van der Waals surface area contributed by atoms with Gasteiger partial charge in [0.2, 0.25) is 0 Å². The van der Waals surface area contributed by atoms with E-state index in [-0.39, 0.29) is 0 Å². The second-order valence-electron chi connectivity index (χ2n) is 4.59. The van der Waals surface area contributed by atoms with E-state index in [2.05, 4.69) is 17.3 Å². The van der Waals surface area contributed by atoms with Crippen molar-refractivity contribution in [3.8, 4) is 0 Å². The van der Waals surface area contributed by atoms with Gasteiger partial charge in [-0.3, -0.25) is 0 Å². The third kappa shape index (κ3) is 1.87. The Morgan fingerprint density at radius 2 is 2.31 bits per heavy atom.